The number of nitrogens with zero attached hydrogens (tertiary/aromatic N) is 1. The number of phenolic OH excluding ortho intramolecular Hbond substituents is 1. The molecule has 2 aromatic rings. The third-order valence-corrected chi connectivity index (χ3v) is 6.43. The van der Waals surface area contributed by atoms with Gasteiger partial charge in [-0.25, -0.2) is 0 Å². The largest absolute Gasteiger partial charge is 0.508 e. The Kier molecular flexibility index (Phi) is 6.22. The first-order valence-corrected chi connectivity index (χ1v) is 10.1. The zero-order valence-corrected chi connectivity index (χ0v) is 16.7. The second-order valence-electron chi connectivity index (χ2n) is 7.13. The molecule has 1 aliphatic rings. The first kappa shape index (κ1) is 19.2. The van der Waals surface area contributed by atoms with E-state index in [1.807, 2.05) is 32.3 Å². The number of fused-ring (bicyclic) bond motifs is 1. The zero-order chi connectivity index (χ0) is 18.7. The van der Waals surface area contributed by atoms with Crippen LogP contribution < -0.4 is 5.32 Å². The lowest BCUT2D eigenvalue weighted by atomic mass is 10.0. The normalized spacial score (nSPS) is 17.3. The molecule has 1 amide bonds. The Morgan fingerprint density at radius 1 is 1.38 bits per heavy atom. The average molecular weight is 393 g/mol. The number of amides is 1. The third kappa shape index (κ3) is 4.78. The second-order valence-corrected chi connectivity index (χ2v) is 8.84. The van der Waals surface area contributed by atoms with E-state index in [-0.39, 0.29) is 23.7 Å². The molecule has 2 N–H and O–H groups in total. The van der Waals surface area contributed by atoms with E-state index in [4.69, 9.17) is 11.6 Å². The molecule has 6 heteroatoms. The van der Waals surface area contributed by atoms with Gasteiger partial charge in [0.05, 0.1) is 10.4 Å². The van der Waals surface area contributed by atoms with Crippen LogP contribution in [0.25, 0.3) is 0 Å². The number of aryl methyl sites for hydroxylation is 1. The summed E-state index contributed by atoms with van der Waals surface area (Å²) in [6.45, 7) is 0. The van der Waals surface area contributed by atoms with Gasteiger partial charge in [0, 0.05) is 17.3 Å². The summed E-state index contributed by atoms with van der Waals surface area (Å²) in [4.78, 5) is 15.8. The quantitative estimate of drug-likeness (QED) is 0.743. The third-order valence-electron chi connectivity index (χ3n) is 5.01. The standard InChI is InChI=1S/C20H25ClN2O2S/c1-23(2)15(11-13-3-7-16(24)8-4-13)6-10-19(25)22-17-9-5-14-12-18(21)26-20(14)17/h3-4,7-8,12,15,17,24H,5-6,9-11H2,1-2H3,(H,22,25)/t15-,17?/m1/s1. The Morgan fingerprint density at radius 2 is 2.12 bits per heavy atom. The van der Waals surface area contributed by atoms with Crippen molar-refractivity contribution in [2.75, 3.05) is 14.1 Å². The maximum Gasteiger partial charge on any atom is 0.220 e. The van der Waals surface area contributed by atoms with Crippen LogP contribution in [0.1, 0.15) is 41.3 Å². The Bertz CT molecular complexity index is 758. The summed E-state index contributed by atoms with van der Waals surface area (Å²) < 4.78 is 0.801. The lowest BCUT2D eigenvalue weighted by molar-refractivity contribution is -0.122. The number of rotatable bonds is 7. The van der Waals surface area contributed by atoms with Gasteiger partial charge in [-0.15, -0.1) is 11.3 Å². The van der Waals surface area contributed by atoms with Gasteiger partial charge in [-0.2, -0.15) is 0 Å². The Balaban J connectivity index is 1.52. The van der Waals surface area contributed by atoms with Gasteiger partial charge < -0.3 is 15.3 Å². The molecule has 0 spiro atoms. The zero-order valence-electron chi connectivity index (χ0n) is 15.2. The average Bonchev–Trinajstić information content (AvgIpc) is 3.13. The van der Waals surface area contributed by atoms with Gasteiger partial charge in [0.15, 0.2) is 0 Å². The second kappa shape index (κ2) is 8.42. The Hall–Kier alpha value is -1.56. The molecular formula is C20H25ClN2O2S. The lowest BCUT2D eigenvalue weighted by Gasteiger charge is -2.24. The highest BCUT2D eigenvalue weighted by atomic mass is 35.5. The molecule has 0 aliphatic heterocycles. The number of carbonyl (C=O) groups excluding carboxylic acids is 1. The fourth-order valence-corrected chi connectivity index (χ4v) is 4.88. The van der Waals surface area contributed by atoms with Crippen molar-refractivity contribution in [3.8, 4) is 5.75 Å². The number of hydrogen-bond acceptors (Lipinski definition) is 4. The van der Waals surface area contributed by atoms with E-state index in [0.717, 1.165) is 35.6 Å². The van der Waals surface area contributed by atoms with Crippen molar-refractivity contribution in [2.45, 2.75) is 44.2 Å². The van der Waals surface area contributed by atoms with Crippen LogP contribution in [0.3, 0.4) is 0 Å². The minimum Gasteiger partial charge on any atom is -0.508 e. The van der Waals surface area contributed by atoms with Crippen LogP contribution in [0, 0.1) is 0 Å². The first-order chi connectivity index (χ1) is 12.4. The van der Waals surface area contributed by atoms with Crippen molar-refractivity contribution < 1.29 is 9.90 Å². The van der Waals surface area contributed by atoms with Gasteiger partial charge in [0.2, 0.25) is 5.91 Å². The molecule has 1 aromatic heterocycles. The molecule has 26 heavy (non-hydrogen) atoms. The molecule has 4 nitrogen and oxygen atoms in total. The van der Waals surface area contributed by atoms with E-state index in [2.05, 4.69) is 10.2 Å². The summed E-state index contributed by atoms with van der Waals surface area (Å²) in [6.07, 6.45) is 4.12. The molecule has 3 rings (SSSR count). The number of carbonyl (C=O) groups is 1. The van der Waals surface area contributed by atoms with E-state index < -0.39 is 0 Å². The molecule has 1 unspecified atom stereocenters. The summed E-state index contributed by atoms with van der Waals surface area (Å²) in [5.41, 5.74) is 2.44. The van der Waals surface area contributed by atoms with Crippen molar-refractivity contribution in [1.82, 2.24) is 10.2 Å². The molecule has 0 bridgehead atoms. The van der Waals surface area contributed by atoms with Gasteiger partial charge in [0.1, 0.15) is 5.75 Å². The summed E-state index contributed by atoms with van der Waals surface area (Å²) in [5.74, 6) is 0.379. The molecule has 0 fully saturated rings. The first-order valence-electron chi connectivity index (χ1n) is 8.94. The van der Waals surface area contributed by atoms with Crippen molar-refractivity contribution in [3.05, 3.63) is 50.7 Å². The predicted molar refractivity (Wildman–Crippen MR) is 107 cm³/mol. The monoisotopic (exact) mass is 392 g/mol. The number of thiophene rings is 1. The van der Waals surface area contributed by atoms with Crippen LogP contribution in [0.4, 0.5) is 0 Å². The molecule has 2 atom stereocenters. The van der Waals surface area contributed by atoms with Crippen LogP contribution in [0.15, 0.2) is 30.3 Å². The molecule has 1 aliphatic carbocycles. The molecule has 1 aromatic carbocycles. The summed E-state index contributed by atoms with van der Waals surface area (Å²) in [7, 11) is 4.08. The minimum atomic E-state index is 0.102. The SMILES string of the molecule is CN(C)[C@H](CCC(=O)NC1CCc2cc(Cl)sc21)Cc1ccc(O)cc1. The van der Waals surface area contributed by atoms with Gasteiger partial charge in [-0.3, -0.25) is 4.79 Å². The summed E-state index contributed by atoms with van der Waals surface area (Å²) >= 11 is 7.67. The Morgan fingerprint density at radius 3 is 2.81 bits per heavy atom. The van der Waals surface area contributed by atoms with Crippen LogP contribution in [-0.2, 0) is 17.6 Å². The highest BCUT2D eigenvalue weighted by molar-refractivity contribution is 7.16. The van der Waals surface area contributed by atoms with E-state index in [1.165, 1.54) is 10.4 Å². The smallest absolute Gasteiger partial charge is 0.220 e. The maximum absolute atomic E-state index is 12.4. The Labute approximate surface area is 163 Å². The highest BCUT2D eigenvalue weighted by Gasteiger charge is 2.26. The van der Waals surface area contributed by atoms with Crippen LogP contribution in [-0.4, -0.2) is 36.1 Å². The molecule has 0 saturated carbocycles. The number of halogens is 1. The number of aromatic hydroxyl groups is 1. The summed E-state index contributed by atoms with van der Waals surface area (Å²) in [6, 6.07) is 9.70. The van der Waals surface area contributed by atoms with E-state index in [9.17, 15) is 9.90 Å². The molecule has 0 radical (unpaired) electrons. The highest BCUT2D eigenvalue weighted by Crippen LogP contribution is 2.39. The van der Waals surface area contributed by atoms with Gasteiger partial charge in [-0.1, -0.05) is 23.7 Å². The number of nitrogens with one attached hydrogen (secondary N) is 1. The predicted octanol–water partition coefficient (Wildman–Crippen LogP) is 4.16. The van der Waals surface area contributed by atoms with Crippen LogP contribution >= 0.6 is 22.9 Å². The minimum absolute atomic E-state index is 0.102. The van der Waals surface area contributed by atoms with E-state index in [1.54, 1.807) is 23.5 Å². The van der Waals surface area contributed by atoms with Crippen molar-refractivity contribution in [3.63, 3.8) is 0 Å². The van der Waals surface area contributed by atoms with E-state index in [0.29, 0.717) is 6.42 Å². The molecular weight excluding hydrogens is 368 g/mol. The topological polar surface area (TPSA) is 52.6 Å². The fourth-order valence-electron chi connectivity index (χ4n) is 3.48. The summed E-state index contributed by atoms with van der Waals surface area (Å²) in [5, 5.41) is 12.6. The number of likely N-dealkylation sites (N-methyl/N-ethyl adjacent to an activating group) is 1. The van der Waals surface area contributed by atoms with Crippen LogP contribution in [0.2, 0.25) is 4.34 Å². The van der Waals surface area contributed by atoms with Crippen molar-refractivity contribution in [2.24, 2.45) is 0 Å². The van der Waals surface area contributed by atoms with Crippen molar-refractivity contribution in [1.29, 1.82) is 0 Å². The van der Waals surface area contributed by atoms with Gasteiger partial charge in [-0.05, 0) is 69.1 Å². The van der Waals surface area contributed by atoms with Gasteiger partial charge in [0.25, 0.3) is 0 Å². The maximum atomic E-state index is 12.4. The number of phenols is 1. The van der Waals surface area contributed by atoms with Crippen molar-refractivity contribution >= 4 is 28.8 Å². The number of benzene rings is 1. The van der Waals surface area contributed by atoms with E-state index >= 15 is 0 Å². The van der Waals surface area contributed by atoms with Crippen LogP contribution in [0.5, 0.6) is 5.75 Å². The fraction of sp³-hybridized carbons (Fsp3) is 0.450. The lowest BCUT2D eigenvalue weighted by Crippen LogP contribution is -2.33. The molecule has 140 valence electrons. The number of hydrogen-bond donors (Lipinski definition) is 2. The molecule has 0 saturated heterocycles. The van der Waals surface area contributed by atoms with Gasteiger partial charge >= 0.3 is 0 Å². The molecule has 1 heterocycles.